The van der Waals surface area contributed by atoms with Gasteiger partial charge in [-0.3, -0.25) is 9.59 Å². The molecule has 1 atom stereocenters. The Hall–Kier alpha value is -2.62. The second-order valence-electron chi connectivity index (χ2n) is 6.60. The van der Waals surface area contributed by atoms with Gasteiger partial charge in [-0.05, 0) is 49.6 Å². The third-order valence-corrected chi connectivity index (χ3v) is 4.55. The molecule has 0 aromatic heterocycles. The number of hydrogen-bond donors (Lipinski definition) is 1. The Morgan fingerprint density at radius 1 is 1.04 bits per heavy atom. The lowest BCUT2D eigenvalue weighted by Gasteiger charge is -2.16. The number of carbonyl (C=O) groups is 2. The predicted octanol–water partition coefficient (Wildman–Crippen LogP) is 4.08. The molecule has 1 saturated heterocycles. The molecule has 4 nitrogen and oxygen atoms in total. The van der Waals surface area contributed by atoms with E-state index in [0.717, 1.165) is 30.5 Å². The van der Waals surface area contributed by atoms with E-state index in [-0.39, 0.29) is 18.2 Å². The van der Waals surface area contributed by atoms with Crippen molar-refractivity contribution in [3.8, 4) is 0 Å². The van der Waals surface area contributed by atoms with Gasteiger partial charge in [0.25, 0.3) is 5.91 Å². The number of rotatable bonds is 6. The van der Waals surface area contributed by atoms with Crippen molar-refractivity contribution in [1.29, 1.82) is 0 Å². The van der Waals surface area contributed by atoms with Gasteiger partial charge in [-0.1, -0.05) is 43.2 Å². The first-order valence-corrected chi connectivity index (χ1v) is 8.87. The summed E-state index contributed by atoms with van der Waals surface area (Å²) in [5.41, 5.74) is 3.90. The number of imide groups is 1. The molecule has 4 heteroatoms. The minimum atomic E-state index is -0.505. The maximum Gasteiger partial charge on any atom is 0.256 e. The minimum Gasteiger partial charge on any atom is -0.373 e. The molecule has 2 amide bonds. The monoisotopic (exact) mass is 336 g/mol. The summed E-state index contributed by atoms with van der Waals surface area (Å²) in [7, 11) is 0. The fourth-order valence-corrected chi connectivity index (χ4v) is 3.06. The van der Waals surface area contributed by atoms with Crippen LogP contribution < -0.4 is 10.2 Å². The predicted molar refractivity (Wildman–Crippen MR) is 101 cm³/mol. The van der Waals surface area contributed by atoms with Gasteiger partial charge in [-0.15, -0.1) is 0 Å². The summed E-state index contributed by atoms with van der Waals surface area (Å²) in [5.74, 6) is -0.345. The maximum atomic E-state index is 12.7. The number of unbranched alkanes of at least 4 members (excludes halogenated alkanes) is 1. The van der Waals surface area contributed by atoms with Crippen LogP contribution in [0.15, 0.2) is 48.5 Å². The topological polar surface area (TPSA) is 49.4 Å². The summed E-state index contributed by atoms with van der Waals surface area (Å²) in [5, 5.41) is 3.18. The number of benzene rings is 2. The van der Waals surface area contributed by atoms with E-state index in [4.69, 9.17) is 0 Å². The van der Waals surface area contributed by atoms with Crippen LogP contribution in [0, 0.1) is 6.92 Å². The zero-order valence-electron chi connectivity index (χ0n) is 14.8. The first-order valence-electron chi connectivity index (χ1n) is 8.87. The second-order valence-corrected chi connectivity index (χ2v) is 6.60. The van der Waals surface area contributed by atoms with E-state index in [2.05, 4.69) is 12.2 Å². The molecule has 1 fully saturated rings. The smallest absolute Gasteiger partial charge is 0.256 e. The van der Waals surface area contributed by atoms with Crippen molar-refractivity contribution in [3.05, 3.63) is 59.7 Å². The van der Waals surface area contributed by atoms with Crippen molar-refractivity contribution in [1.82, 2.24) is 0 Å². The van der Waals surface area contributed by atoms with Crippen molar-refractivity contribution >= 4 is 23.2 Å². The van der Waals surface area contributed by atoms with E-state index in [1.165, 1.54) is 10.5 Å². The zero-order chi connectivity index (χ0) is 17.8. The second kappa shape index (κ2) is 7.51. The highest BCUT2D eigenvalue weighted by Gasteiger charge is 2.39. The Morgan fingerprint density at radius 3 is 2.36 bits per heavy atom. The summed E-state index contributed by atoms with van der Waals surface area (Å²) in [6.45, 7) is 4.18. The number of hydrogen-bond acceptors (Lipinski definition) is 3. The molecule has 0 aliphatic carbocycles. The molecule has 2 aromatic carbocycles. The Balaban J connectivity index is 1.71. The van der Waals surface area contributed by atoms with Crippen molar-refractivity contribution in [2.75, 3.05) is 10.2 Å². The lowest BCUT2D eigenvalue weighted by Crippen LogP contribution is -2.34. The van der Waals surface area contributed by atoms with Gasteiger partial charge in [0.05, 0.1) is 12.1 Å². The largest absolute Gasteiger partial charge is 0.373 e. The number of anilines is 2. The van der Waals surface area contributed by atoms with E-state index in [1.807, 2.05) is 55.5 Å². The molecule has 0 bridgehead atoms. The highest BCUT2D eigenvalue weighted by atomic mass is 16.2. The van der Waals surface area contributed by atoms with E-state index < -0.39 is 6.04 Å². The lowest BCUT2D eigenvalue weighted by atomic mass is 10.1. The van der Waals surface area contributed by atoms with Crippen molar-refractivity contribution in [2.24, 2.45) is 0 Å². The third-order valence-electron chi connectivity index (χ3n) is 4.55. The number of amides is 2. The average Bonchev–Trinajstić information content (AvgIpc) is 2.89. The summed E-state index contributed by atoms with van der Waals surface area (Å²) < 4.78 is 0. The molecule has 1 unspecified atom stereocenters. The van der Waals surface area contributed by atoms with Gasteiger partial charge in [-0.2, -0.15) is 0 Å². The highest BCUT2D eigenvalue weighted by molar-refractivity contribution is 6.23. The van der Waals surface area contributed by atoms with Gasteiger partial charge in [-0.25, -0.2) is 4.90 Å². The maximum absolute atomic E-state index is 12.7. The molecule has 0 radical (unpaired) electrons. The molecular formula is C21H24N2O2. The number of carbonyl (C=O) groups excluding carboxylic acids is 2. The molecule has 25 heavy (non-hydrogen) atoms. The van der Waals surface area contributed by atoms with Crippen LogP contribution in [0.4, 0.5) is 11.4 Å². The SMILES string of the molecule is CCCCc1ccc(N2C(=O)CC(Nc3ccc(C)cc3)C2=O)cc1. The summed E-state index contributed by atoms with van der Waals surface area (Å²) in [6, 6.07) is 15.1. The molecule has 2 aromatic rings. The van der Waals surface area contributed by atoms with Crippen LogP contribution in [0.2, 0.25) is 0 Å². The van der Waals surface area contributed by atoms with E-state index in [9.17, 15) is 9.59 Å². The van der Waals surface area contributed by atoms with E-state index in [1.54, 1.807) is 0 Å². The van der Waals surface area contributed by atoms with Crippen LogP contribution in [-0.2, 0) is 16.0 Å². The third kappa shape index (κ3) is 3.90. The van der Waals surface area contributed by atoms with Crippen LogP contribution in [-0.4, -0.2) is 17.9 Å². The van der Waals surface area contributed by atoms with Gasteiger partial charge in [0, 0.05) is 5.69 Å². The summed E-state index contributed by atoms with van der Waals surface area (Å²) >= 11 is 0. The average molecular weight is 336 g/mol. The molecule has 3 rings (SSSR count). The van der Waals surface area contributed by atoms with E-state index >= 15 is 0 Å². The van der Waals surface area contributed by atoms with Crippen molar-refractivity contribution < 1.29 is 9.59 Å². The normalized spacial score (nSPS) is 17.2. The molecule has 1 aliphatic heterocycles. The quantitative estimate of drug-likeness (QED) is 0.809. The molecule has 1 heterocycles. The van der Waals surface area contributed by atoms with Gasteiger partial charge >= 0.3 is 0 Å². The fourth-order valence-electron chi connectivity index (χ4n) is 3.06. The Morgan fingerprint density at radius 2 is 1.72 bits per heavy atom. The Labute approximate surface area is 148 Å². The number of aryl methyl sites for hydroxylation is 2. The summed E-state index contributed by atoms with van der Waals surface area (Å²) in [6.07, 6.45) is 3.50. The molecule has 1 aliphatic rings. The first kappa shape index (κ1) is 17.2. The highest BCUT2D eigenvalue weighted by Crippen LogP contribution is 2.25. The molecule has 0 spiro atoms. The summed E-state index contributed by atoms with van der Waals surface area (Å²) in [4.78, 5) is 26.4. The van der Waals surface area contributed by atoms with Crippen LogP contribution in [0.25, 0.3) is 0 Å². The van der Waals surface area contributed by atoms with Crippen LogP contribution >= 0.6 is 0 Å². The zero-order valence-corrected chi connectivity index (χ0v) is 14.8. The molecule has 1 N–H and O–H groups in total. The molecule has 130 valence electrons. The van der Waals surface area contributed by atoms with Gasteiger partial charge < -0.3 is 5.32 Å². The van der Waals surface area contributed by atoms with Gasteiger partial charge in [0.2, 0.25) is 5.91 Å². The minimum absolute atomic E-state index is 0.157. The van der Waals surface area contributed by atoms with Gasteiger partial charge in [0.15, 0.2) is 0 Å². The van der Waals surface area contributed by atoms with Crippen molar-refractivity contribution in [3.63, 3.8) is 0 Å². The van der Waals surface area contributed by atoms with Crippen molar-refractivity contribution in [2.45, 2.75) is 45.6 Å². The standard InChI is InChI=1S/C21H24N2O2/c1-3-4-5-16-8-12-18(13-9-16)23-20(24)14-19(21(23)25)22-17-10-6-15(2)7-11-17/h6-13,19,22H,3-5,14H2,1-2H3. The Kier molecular flexibility index (Phi) is 5.17. The van der Waals surface area contributed by atoms with Crippen LogP contribution in [0.5, 0.6) is 0 Å². The van der Waals surface area contributed by atoms with Crippen LogP contribution in [0.1, 0.15) is 37.3 Å². The van der Waals surface area contributed by atoms with Gasteiger partial charge in [0.1, 0.15) is 6.04 Å². The molecule has 0 saturated carbocycles. The fraction of sp³-hybridized carbons (Fsp3) is 0.333. The van der Waals surface area contributed by atoms with E-state index in [0.29, 0.717) is 5.69 Å². The molecular weight excluding hydrogens is 312 g/mol. The number of nitrogens with zero attached hydrogens (tertiary/aromatic N) is 1. The van der Waals surface area contributed by atoms with Crippen LogP contribution in [0.3, 0.4) is 0 Å². The first-order chi connectivity index (χ1) is 12.1. The Bertz CT molecular complexity index is 750. The number of nitrogens with one attached hydrogen (secondary N) is 1. The lowest BCUT2D eigenvalue weighted by molar-refractivity contribution is -0.121.